The van der Waals surface area contributed by atoms with Gasteiger partial charge in [0.25, 0.3) is 0 Å². The summed E-state index contributed by atoms with van der Waals surface area (Å²) in [5.41, 5.74) is -0.884. The van der Waals surface area contributed by atoms with Crippen molar-refractivity contribution in [3.63, 3.8) is 0 Å². The summed E-state index contributed by atoms with van der Waals surface area (Å²) in [7, 11) is 0. The highest BCUT2D eigenvalue weighted by Gasteiger charge is 2.44. The lowest BCUT2D eigenvalue weighted by Crippen LogP contribution is -2.47. The van der Waals surface area contributed by atoms with Gasteiger partial charge in [-0.05, 0) is 6.07 Å². The van der Waals surface area contributed by atoms with Crippen molar-refractivity contribution in [1.29, 1.82) is 0 Å². The van der Waals surface area contributed by atoms with E-state index in [0.717, 1.165) is 6.07 Å². The Balaban J connectivity index is 3.34. The van der Waals surface area contributed by atoms with Gasteiger partial charge in [0.1, 0.15) is 11.9 Å². The molecule has 1 amide bonds. The first-order chi connectivity index (χ1) is 9.14. The number of carboxylic acid groups (broad SMARTS) is 1. The molecule has 0 heterocycles. The summed E-state index contributed by atoms with van der Waals surface area (Å²) in [6, 6.07) is 2.88. The topological polar surface area (TPSA) is 92.5 Å². The van der Waals surface area contributed by atoms with Crippen LogP contribution in [0, 0.1) is 21.3 Å². The second-order valence-corrected chi connectivity index (χ2v) is 5.54. The minimum absolute atomic E-state index is 0.0356. The molecular formula is C13H17FN2O4. The van der Waals surface area contributed by atoms with Crippen molar-refractivity contribution in [2.75, 3.05) is 0 Å². The van der Waals surface area contributed by atoms with E-state index in [-0.39, 0.29) is 5.56 Å². The number of nitrogens with zero attached hydrogens (tertiary/aromatic N) is 1. The third-order valence-corrected chi connectivity index (χ3v) is 2.95. The van der Waals surface area contributed by atoms with Gasteiger partial charge in [0, 0.05) is 15.9 Å². The van der Waals surface area contributed by atoms with Crippen molar-refractivity contribution >= 4 is 6.09 Å². The molecule has 0 aliphatic rings. The number of rotatable bonds is 4. The molecule has 2 N–H and O–H groups in total. The monoisotopic (exact) mass is 284 g/mol. The van der Waals surface area contributed by atoms with Crippen LogP contribution in [0.5, 0.6) is 0 Å². The predicted octanol–water partition coefficient (Wildman–Crippen LogP) is 2.83. The number of benzene rings is 1. The van der Waals surface area contributed by atoms with Crippen molar-refractivity contribution in [3.8, 4) is 0 Å². The molecule has 6 nitrogen and oxygen atoms in total. The van der Waals surface area contributed by atoms with Crippen LogP contribution in [0.1, 0.15) is 32.4 Å². The maximum atomic E-state index is 13.8. The van der Waals surface area contributed by atoms with E-state index in [2.05, 4.69) is 5.32 Å². The van der Waals surface area contributed by atoms with E-state index in [1.54, 1.807) is 20.8 Å². The maximum Gasteiger partial charge on any atom is 0.405 e. The Morgan fingerprint density at radius 2 is 1.95 bits per heavy atom. The minimum atomic E-state index is -1.44. The van der Waals surface area contributed by atoms with Crippen LogP contribution in [0.3, 0.4) is 0 Å². The highest BCUT2D eigenvalue weighted by molar-refractivity contribution is 5.65. The van der Waals surface area contributed by atoms with E-state index < -0.39 is 34.3 Å². The van der Waals surface area contributed by atoms with Gasteiger partial charge in [0.05, 0.1) is 0 Å². The number of halogens is 1. The Hall–Kier alpha value is -2.18. The summed E-state index contributed by atoms with van der Waals surface area (Å²) in [5.74, 6) is -0.678. The molecule has 1 rings (SSSR count). The molecule has 0 radical (unpaired) electrons. The first-order valence-corrected chi connectivity index (χ1v) is 6.02. The van der Waals surface area contributed by atoms with E-state index in [0.29, 0.717) is 0 Å². The van der Waals surface area contributed by atoms with E-state index in [1.165, 1.54) is 18.2 Å². The second-order valence-electron chi connectivity index (χ2n) is 5.54. The third kappa shape index (κ3) is 3.66. The predicted molar refractivity (Wildman–Crippen MR) is 70.5 cm³/mol. The summed E-state index contributed by atoms with van der Waals surface area (Å²) in [5, 5.41) is 22.2. The third-order valence-electron chi connectivity index (χ3n) is 2.95. The fourth-order valence-electron chi connectivity index (χ4n) is 2.13. The Bertz CT molecular complexity index is 513. The summed E-state index contributed by atoms with van der Waals surface area (Å²) < 4.78 is 13.8. The van der Waals surface area contributed by atoms with Crippen LogP contribution in [0.15, 0.2) is 24.3 Å². The molecule has 7 heteroatoms. The van der Waals surface area contributed by atoms with Gasteiger partial charge in [-0.3, -0.25) is 10.1 Å². The molecule has 1 aromatic rings. The van der Waals surface area contributed by atoms with E-state index in [4.69, 9.17) is 5.11 Å². The molecule has 0 saturated carbocycles. The van der Waals surface area contributed by atoms with E-state index >= 15 is 0 Å². The molecule has 110 valence electrons. The summed E-state index contributed by atoms with van der Waals surface area (Å²) in [6.45, 7) is 4.83. The van der Waals surface area contributed by atoms with Gasteiger partial charge in [-0.1, -0.05) is 39.0 Å². The van der Waals surface area contributed by atoms with Crippen molar-refractivity contribution < 1.29 is 19.2 Å². The number of hydrogen-bond donors (Lipinski definition) is 2. The number of nitrogens with one attached hydrogen (secondary N) is 1. The number of nitro groups is 1. The fraction of sp³-hybridized carbons (Fsp3) is 0.462. The van der Waals surface area contributed by atoms with Crippen molar-refractivity contribution in [3.05, 3.63) is 45.8 Å². The maximum absolute atomic E-state index is 13.8. The Morgan fingerprint density at radius 1 is 1.40 bits per heavy atom. The molecule has 20 heavy (non-hydrogen) atoms. The zero-order valence-corrected chi connectivity index (χ0v) is 11.5. The Kier molecular flexibility index (Phi) is 4.65. The summed E-state index contributed by atoms with van der Waals surface area (Å²) in [6.07, 6.45) is -1.44. The van der Waals surface area contributed by atoms with Crippen molar-refractivity contribution in [1.82, 2.24) is 5.32 Å². The van der Waals surface area contributed by atoms with Crippen LogP contribution in [0.25, 0.3) is 0 Å². The average Bonchev–Trinajstić information content (AvgIpc) is 2.25. The molecule has 0 aliphatic carbocycles. The lowest BCUT2D eigenvalue weighted by molar-refractivity contribution is -0.545. The molecule has 0 bridgehead atoms. The highest BCUT2D eigenvalue weighted by Crippen LogP contribution is 2.33. The van der Waals surface area contributed by atoms with Gasteiger partial charge in [-0.2, -0.15) is 0 Å². The van der Waals surface area contributed by atoms with Crippen LogP contribution < -0.4 is 5.32 Å². The summed E-state index contributed by atoms with van der Waals surface area (Å²) >= 11 is 0. The molecule has 0 fully saturated rings. The lowest BCUT2D eigenvalue weighted by atomic mass is 9.80. The number of hydrogen-bond acceptors (Lipinski definition) is 3. The highest BCUT2D eigenvalue weighted by atomic mass is 19.1. The van der Waals surface area contributed by atoms with Crippen LogP contribution >= 0.6 is 0 Å². The van der Waals surface area contributed by atoms with E-state index in [9.17, 15) is 19.3 Å². The Labute approximate surface area is 115 Å². The smallest absolute Gasteiger partial charge is 0.405 e. The second kappa shape index (κ2) is 5.85. The lowest BCUT2D eigenvalue weighted by Gasteiger charge is -2.30. The number of carbonyl (C=O) groups is 1. The largest absolute Gasteiger partial charge is 0.465 e. The van der Waals surface area contributed by atoms with Crippen LogP contribution in [0.4, 0.5) is 9.18 Å². The van der Waals surface area contributed by atoms with Crippen LogP contribution in [-0.4, -0.2) is 22.2 Å². The normalized spacial score (nSPS) is 14.4. The van der Waals surface area contributed by atoms with Gasteiger partial charge in [0.15, 0.2) is 0 Å². The first kappa shape index (κ1) is 15.9. The summed E-state index contributed by atoms with van der Waals surface area (Å²) in [4.78, 5) is 21.6. The molecule has 2 atom stereocenters. The van der Waals surface area contributed by atoms with Gasteiger partial charge >= 0.3 is 6.09 Å². The van der Waals surface area contributed by atoms with E-state index in [1.807, 2.05) is 0 Å². The number of amides is 1. The fourth-order valence-corrected chi connectivity index (χ4v) is 2.13. The van der Waals surface area contributed by atoms with Crippen LogP contribution in [-0.2, 0) is 0 Å². The van der Waals surface area contributed by atoms with Crippen molar-refractivity contribution in [2.24, 2.45) is 5.41 Å². The molecule has 1 unspecified atom stereocenters. The molecule has 0 saturated heterocycles. The van der Waals surface area contributed by atoms with Gasteiger partial charge in [0.2, 0.25) is 6.04 Å². The zero-order chi connectivity index (χ0) is 15.5. The molecule has 1 aromatic carbocycles. The minimum Gasteiger partial charge on any atom is -0.465 e. The SMILES string of the molecule is CC(C)(C)[C@H](C(NC(=O)O)c1ccccc1F)[N+](=O)[O-]. The molecule has 0 aliphatic heterocycles. The van der Waals surface area contributed by atoms with Gasteiger partial charge in [-0.25, -0.2) is 9.18 Å². The van der Waals surface area contributed by atoms with Crippen molar-refractivity contribution in [2.45, 2.75) is 32.9 Å². The molecule has 0 spiro atoms. The van der Waals surface area contributed by atoms with Gasteiger partial charge in [-0.15, -0.1) is 0 Å². The first-order valence-electron chi connectivity index (χ1n) is 6.02. The molecule has 0 aromatic heterocycles. The van der Waals surface area contributed by atoms with Gasteiger partial charge < -0.3 is 10.4 Å². The average molecular weight is 284 g/mol. The standard InChI is InChI=1S/C13H17FN2O4/c1-13(2,3)11(16(19)20)10(15-12(17)18)8-6-4-5-7-9(8)14/h4-7,10-11,15H,1-3H3,(H,17,18)/t10?,11-/m0/s1. The quantitative estimate of drug-likeness (QED) is 0.656. The van der Waals surface area contributed by atoms with Crippen LogP contribution in [0.2, 0.25) is 0 Å². The Morgan fingerprint density at radius 3 is 2.35 bits per heavy atom. The zero-order valence-electron chi connectivity index (χ0n) is 11.5. The molecular weight excluding hydrogens is 267 g/mol.